The van der Waals surface area contributed by atoms with Crippen LogP contribution in [-0.4, -0.2) is 105 Å². The van der Waals surface area contributed by atoms with Crippen molar-refractivity contribution in [2.24, 2.45) is 17.3 Å². The summed E-state index contributed by atoms with van der Waals surface area (Å²) in [5.74, 6) is -0.819. The fraction of sp³-hybridized carbons (Fsp3) is 0.543. The Morgan fingerprint density at radius 1 is 1.00 bits per heavy atom. The van der Waals surface area contributed by atoms with E-state index in [9.17, 15) is 14.7 Å². The maximum atomic E-state index is 15.2. The second kappa shape index (κ2) is 13.7. The van der Waals surface area contributed by atoms with E-state index in [1.165, 1.54) is 26.7 Å². The number of carbonyl (C=O) groups excluding carboxylic acids is 3. The van der Waals surface area contributed by atoms with Crippen LogP contribution in [0.4, 0.5) is 5.69 Å². The molecule has 0 bridgehead atoms. The number of methoxy groups -OCH3 is 3. The topological polar surface area (TPSA) is 143 Å². The minimum Gasteiger partial charge on any atom is -0.496 e. The molecule has 4 aliphatic heterocycles. The fourth-order valence-electron chi connectivity index (χ4n) is 12.7. The SMILES string of the molecule is CC/C1=C/C2CC2C[C@](C(=O)OC)(c2cc3c(cc2OC)N(C)[C@H]2C(O)(C(=O)OC)[C@H](OC(C)=O)[C@]4(CC)C=CCN5CC[C@]32[C@@H]54)c2[nH]c3ccccc3c2CNC1. The molecule has 2 aliphatic carbocycles. The molecule has 12 nitrogen and oxygen atoms in total. The number of esters is 3. The molecular formula is C46H56N4O8. The van der Waals surface area contributed by atoms with Gasteiger partial charge in [-0.2, -0.15) is 0 Å². The molecule has 9 rings (SSSR count). The van der Waals surface area contributed by atoms with Crippen molar-refractivity contribution < 1.29 is 38.4 Å². The number of rotatable bonds is 7. The molecule has 1 aromatic heterocycles. The second-order valence-electron chi connectivity index (χ2n) is 17.5. The highest BCUT2D eigenvalue weighted by Gasteiger charge is 2.80. The van der Waals surface area contributed by atoms with Gasteiger partial charge in [0.15, 0.2) is 6.10 Å². The Morgan fingerprint density at radius 3 is 2.48 bits per heavy atom. The van der Waals surface area contributed by atoms with Crippen molar-refractivity contribution in [2.75, 3.05) is 52.9 Å². The lowest BCUT2D eigenvalue weighted by Gasteiger charge is -2.63. The van der Waals surface area contributed by atoms with E-state index in [4.69, 9.17) is 18.9 Å². The molecule has 308 valence electrons. The molecule has 0 amide bonds. The van der Waals surface area contributed by atoms with Gasteiger partial charge in [0, 0.05) is 84.4 Å². The number of H-pyrrole nitrogens is 1. The monoisotopic (exact) mass is 792 g/mol. The Morgan fingerprint density at radius 2 is 1.78 bits per heavy atom. The molecule has 2 aromatic carbocycles. The van der Waals surface area contributed by atoms with Gasteiger partial charge in [-0.15, -0.1) is 0 Å². The van der Waals surface area contributed by atoms with E-state index >= 15 is 4.79 Å². The van der Waals surface area contributed by atoms with Crippen molar-refractivity contribution >= 4 is 34.5 Å². The van der Waals surface area contributed by atoms with Gasteiger partial charge in [-0.25, -0.2) is 4.79 Å². The number of ether oxygens (including phenoxy) is 4. The summed E-state index contributed by atoms with van der Waals surface area (Å²) in [6.45, 7) is 8.17. The first-order valence-electron chi connectivity index (χ1n) is 20.8. The molecule has 0 radical (unpaired) electrons. The zero-order valence-electron chi connectivity index (χ0n) is 34.6. The van der Waals surface area contributed by atoms with Crippen LogP contribution in [0.2, 0.25) is 0 Å². The molecule has 3 aromatic rings. The third-order valence-corrected chi connectivity index (χ3v) is 15.1. The fourth-order valence-corrected chi connectivity index (χ4v) is 12.7. The van der Waals surface area contributed by atoms with Crippen LogP contribution in [0, 0.1) is 17.3 Å². The lowest BCUT2D eigenvalue weighted by molar-refractivity contribution is -0.228. The van der Waals surface area contributed by atoms with Crippen molar-refractivity contribution in [1.29, 1.82) is 0 Å². The highest BCUT2D eigenvalue weighted by Crippen LogP contribution is 2.68. The number of para-hydroxylation sites is 1. The van der Waals surface area contributed by atoms with Gasteiger partial charge in [0.05, 0.1) is 27.4 Å². The molecule has 1 spiro atoms. The Kier molecular flexibility index (Phi) is 9.18. The van der Waals surface area contributed by atoms with Crippen molar-refractivity contribution in [3.63, 3.8) is 0 Å². The molecule has 9 atom stereocenters. The molecule has 1 saturated heterocycles. The average molecular weight is 793 g/mol. The van der Waals surface area contributed by atoms with Crippen LogP contribution in [0.5, 0.6) is 5.75 Å². The predicted molar refractivity (Wildman–Crippen MR) is 219 cm³/mol. The third-order valence-electron chi connectivity index (χ3n) is 15.1. The summed E-state index contributed by atoms with van der Waals surface area (Å²) in [5, 5.41) is 18.1. The molecule has 58 heavy (non-hydrogen) atoms. The summed E-state index contributed by atoms with van der Waals surface area (Å²) in [4.78, 5) is 50.7. The molecule has 2 saturated carbocycles. The zero-order valence-corrected chi connectivity index (χ0v) is 34.6. The number of anilines is 1. The first-order chi connectivity index (χ1) is 27.9. The van der Waals surface area contributed by atoms with Gasteiger partial charge < -0.3 is 39.3 Å². The van der Waals surface area contributed by atoms with Gasteiger partial charge in [0.25, 0.3) is 0 Å². The number of nitrogens with one attached hydrogen (secondary N) is 2. The van der Waals surface area contributed by atoms with E-state index in [1.807, 2.05) is 37.1 Å². The van der Waals surface area contributed by atoms with Gasteiger partial charge in [-0.3, -0.25) is 14.5 Å². The lowest BCUT2D eigenvalue weighted by Crippen LogP contribution is -2.81. The van der Waals surface area contributed by atoms with E-state index < -0.39 is 45.9 Å². The maximum Gasteiger partial charge on any atom is 0.344 e. The maximum absolute atomic E-state index is 15.2. The summed E-state index contributed by atoms with van der Waals surface area (Å²) < 4.78 is 23.9. The van der Waals surface area contributed by atoms with Crippen LogP contribution in [0.1, 0.15) is 75.3 Å². The minimum atomic E-state index is -2.28. The molecule has 3 unspecified atom stereocenters. The number of hydrogen-bond acceptors (Lipinski definition) is 11. The van der Waals surface area contributed by atoms with E-state index in [-0.39, 0.29) is 17.9 Å². The zero-order chi connectivity index (χ0) is 40.9. The molecule has 3 N–H and O–H groups in total. The quantitative estimate of drug-likeness (QED) is 0.168. The number of nitrogens with zero attached hydrogens (tertiary/aromatic N) is 2. The second-order valence-corrected chi connectivity index (χ2v) is 17.5. The number of aromatic nitrogens is 1. The van der Waals surface area contributed by atoms with Crippen LogP contribution in [-0.2, 0) is 46.0 Å². The van der Waals surface area contributed by atoms with Crippen LogP contribution < -0.4 is 15.0 Å². The highest BCUT2D eigenvalue weighted by molar-refractivity contribution is 5.95. The Bertz CT molecular complexity index is 2270. The van der Waals surface area contributed by atoms with Gasteiger partial charge in [-0.1, -0.05) is 55.8 Å². The minimum absolute atomic E-state index is 0.200. The summed E-state index contributed by atoms with van der Waals surface area (Å²) in [6, 6.07) is 11.1. The standard InChI is InChI=1S/C46H56N4O8/c1-8-27-19-28-20-29(28)23-45(41(52)56-6,37-31(25-47-24-27)30-13-10-11-14-34(30)48-37)33-21-32-35(22-36(33)55-5)49(4)39-44(32)16-18-50-17-12-15-43(9-2,38(44)50)40(58-26(3)51)46(39,54)42(53)57-7/h10-15,19,21-22,28-29,38-40,47-48,54H,8-9,16-18,20,23-25H2,1-7H3/b27-19-/t28?,29?,38-,39+,40+,43+,44+,45-,46?/m0/s1. The number of allylic oxidation sites excluding steroid dienone is 1. The molecular weight excluding hydrogens is 737 g/mol. The van der Waals surface area contributed by atoms with Crippen LogP contribution in [0.15, 0.2) is 60.2 Å². The number of likely N-dealkylation sites (N-methyl/N-ethyl adjacent to an activating group) is 1. The molecule has 12 heteroatoms. The van der Waals surface area contributed by atoms with Gasteiger partial charge in [0.2, 0.25) is 5.60 Å². The molecule has 3 fully saturated rings. The van der Waals surface area contributed by atoms with E-state index in [0.29, 0.717) is 56.1 Å². The van der Waals surface area contributed by atoms with E-state index in [2.05, 4.69) is 58.6 Å². The highest BCUT2D eigenvalue weighted by atomic mass is 16.6. The first kappa shape index (κ1) is 38.8. The summed E-state index contributed by atoms with van der Waals surface area (Å²) in [7, 11) is 6.23. The van der Waals surface area contributed by atoms with E-state index in [1.54, 1.807) is 7.11 Å². The Labute approximate surface area is 339 Å². The summed E-state index contributed by atoms with van der Waals surface area (Å²) in [5.41, 5.74) is 0.984. The van der Waals surface area contributed by atoms with Crippen LogP contribution in [0.3, 0.4) is 0 Å². The smallest absolute Gasteiger partial charge is 0.344 e. The Hall–Kier alpha value is -4.65. The number of benzene rings is 2. The number of carbonyl (C=O) groups is 3. The number of hydrogen-bond donors (Lipinski definition) is 3. The normalized spacial score (nSPS) is 35.6. The summed E-state index contributed by atoms with van der Waals surface area (Å²) >= 11 is 0. The van der Waals surface area contributed by atoms with E-state index in [0.717, 1.165) is 52.8 Å². The van der Waals surface area contributed by atoms with Crippen molar-refractivity contribution in [2.45, 2.75) is 94.0 Å². The lowest BCUT2D eigenvalue weighted by atomic mass is 9.47. The summed E-state index contributed by atoms with van der Waals surface area (Å²) in [6.07, 6.45) is 8.74. The van der Waals surface area contributed by atoms with Crippen molar-refractivity contribution in [1.82, 2.24) is 15.2 Å². The van der Waals surface area contributed by atoms with Gasteiger partial charge >= 0.3 is 17.9 Å². The molecule has 6 aliphatic rings. The van der Waals surface area contributed by atoms with Gasteiger partial charge in [0.1, 0.15) is 11.2 Å². The average Bonchev–Trinajstić information content (AvgIpc) is 3.54. The number of aliphatic hydroxyl groups is 1. The van der Waals surface area contributed by atoms with Crippen LogP contribution in [0.25, 0.3) is 10.9 Å². The van der Waals surface area contributed by atoms with Crippen molar-refractivity contribution in [3.05, 3.63) is 82.6 Å². The first-order valence-corrected chi connectivity index (χ1v) is 20.8. The van der Waals surface area contributed by atoms with Crippen molar-refractivity contribution in [3.8, 4) is 5.75 Å². The third kappa shape index (κ3) is 5.00. The molecule has 5 heterocycles. The number of aromatic amines is 1. The van der Waals surface area contributed by atoms with Gasteiger partial charge in [-0.05, 0) is 73.7 Å². The number of fused-ring (bicyclic) bond motifs is 5. The van der Waals surface area contributed by atoms with Crippen LogP contribution >= 0.6 is 0 Å². The largest absolute Gasteiger partial charge is 0.496 e. The Balaban J connectivity index is 1.36. The predicted octanol–water partition coefficient (Wildman–Crippen LogP) is 5.05.